The van der Waals surface area contributed by atoms with Gasteiger partial charge in [-0.3, -0.25) is 0 Å². The van der Waals surface area contributed by atoms with Gasteiger partial charge in [0, 0.05) is 32.2 Å². The third kappa shape index (κ3) is 4.58. The SMILES string of the molecule is COc1ccc(F)cc1NC(=O)Nc1ccc(N2CCN(C(=O)O)CC2)nc1. The van der Waals surface area contributed by atoms with Gasteiger partial charge in [0.15, 0.2) is 0 Å². The van der Waals surface area contributed by atoms with Gasteiger partial charge in [-0.2, -0.15) is 0 Å². The van der Waals surface area contributed by atoms with Gasteiger partial charge in [-0.25, -0.2) is 19.0 Å². The van der Waals surface area contributed by atoms with Gasteiger partial charge in [-0.1, -0.05) is 0 Å². The van der Waals surface area contributed by atoms with Crippen LogP contribution in [0.1, 0.15) is 0 Å². The van der Waals surface area contributed by atoms with E-state index in [1.165, 1.54) is 30.3 Å². The van der Waals surface area contributed by atoms with Crippen LogP contribution in [0.15, 0.2) is 36.5 Å². The molecule has 1 aliphatic rings. The molecule has 10 heteroatoms. The first-order valence-electron chi connectivity index (χ1n) is 8.56. The van der Waals surface area contributed by atoms with Crippen molar-refractivity contribution in [2.45, 2.75) is 0 Å². The van der Waals surface area contributed by atoms with Crippen molar-refractivity contribution >= 4 is 29.3 Å². The van der Waals surface area contributed by atoms with Crippen LogP contribution in [0.5, 0.6) is 5.75 Å². The molecular weight excluding hydrogens is 369 g/mol. The molecule has 3 rings (SSSR count). The molecule has 0 unspecified atom stereocenters. The molecule has 28 heavy (non-hydrogen) atoms. The number of hydrogen-bond donors (Lipinski definition) is 3. The topological polar surface area (TPSA) is 107 Å². The number of pyridine rings is 1. The minimum absolute atomic E-state index is 0.209. The zero-order chi connectivity index (χ0) is 20.1. The number of aromatic nitrogens is 1. The molecule has 1 aromatic heterocycles. The molecule has 0 atom stereocenters. The van der Waals surface area contributed by atoms with Crippen molar-refractivity contribution in [2.75, 3.05) is 48.8 Å². The number of carbonyl (C=O) groups is 2. The summed E-state index contributed by atoms with van der Waals surface area (Å²) in [5.41, 5.74) is 0.668. The second kappa shape index (κ2) is 8.42. The Morgan fingerprint density at radius 2 is 1.89 bits per heavy atom. The first kappa shape index (κ1) is 19.2. The summed E-state index contributed by atoms with van der Waals surface area (Å²) in [6.45, 7) is 1.92. The van der Waals surface area contributed by atoms with E-state index >= 15 is 0 Å². The Balaban J connectivity index is 1.58. The van der Waals surface area contributed by atoms with Crippen molar-refractivity contribution in [2.24, 2.45) is 0 Å². The van der Waals surface area contributed by atoms with Gasteiger partial charge in [0.2, 0.25) is 0 Å². The molecular formula is C18H20FN5O4. The van der Waals surface area contributed by atoms with E-state index in [1.54, 1.807) is 12.1 Å². The van der Waals surface area contributed by atoms with E-state index in [-0.39, 0.29) is 5.69 Å². The minimum atomic E-state index is -0.923. The molecule has 0 aliphatic carbocycles. The predicted molar refractivity (Wildman–Crippen MR) is 102 cm³/mol. The molecule has 0 bridgehead atoms. The summed E-state index contributed by atoms with van der Waals surface area (Å²) in [6.07, 6.45) is 0.578. The number of nitrogens with zero attached hydrogens (tertiary/aromatic N) is 3. The Bertz CT molecular complexity index is 854. The number of ether oxygens (including phenoxy) is 1. The average Bonchev–Trinajstić information content (AvgIpc) is 2.69. The highest BCUT2D eigenvalue weighted by molar-refractivity contribution is 6.00. The number of piperazine rings is 1. The number of carboxylic acid groups (broad SMARTS) is 1. The second-order valence-corrected chi connectivity index (χ2v) is 6.09. The lowest BCUT2D eigenvalue weighted by Gasteiger charge is -2.33. The summed E-state index contributed by atoms with van der Waals surface area (Å²) in [4.78, 5) is 30.7. The number of hydrogen-bond acceptors (Lipinski definition) is 5. The zero-order valence-corrected chi connectivity index (χ0v) is 15.2. The van der Waals surface area contributed by atoms with Crippen LogP contribution in [0.2, 0.25) is 0 Å². The lowest BCUT2D eigenvalue weighted by atomic mass is 10.3. The molecule has 9 nitrogen and oxygen atoms in total. The van der Waals surface area contributed by atoms with Gasteiger partial charge in [-0.15, -0.1) is 0 Å². The molecule has 0 spiro atoms. The van der Waals surface area contributed by atoms with Crippen LogP contribution < -0.4 is 20.3 Å². The van der Waals surface area contributed by atoms with Crippen LogP contribution in [-0.2, 0) is 0 Å². The molecule has 1 aromatic carbocycles. The summed E-state index contributed by atoms with van der Waals surface area (Å²) in [7, 11) is 1.43. The fraction of sp³-hybridized carbons (Fsp3) is 0.278. The van der Waals surface area contributed by atoms with Gasteiger partial charge in [0.05, 0.1) is 24.7 Å². The highest BCUT2D eigenvalue weighted by Gasteiger charge is 2.21. The number of urea groups is 1. The Morgan fingerprint density at radius 1 is 1.14 bits per heavy atom. The highest BCUT2D eigenvalue weighted by atomic mass is 19.1. The van der Waals surface area contributed by atoms with Crippen molar-refractivity contribution < 1.29 is 23.8 Å². The lowest BCUT2D eigenvalue weighted by molar-refractivity contribution is 0.142. The molecule has 2 heterocycles. The normalized spacial score (nSPS) is 13.8. The van der Waals surface area contributed by atoms with Gasteiger partial charge in [0.25, 0.3) is 0 Å². The maximum atomic E-state index is 13.4. The zero-order valence-electron chi connectivity index (χ0n) is 15.2. The Morgan fingerprint density at radius 3 is 2.50 bits per heavy atom. The Hall–Kier alpha value is -3.56. The van der Waals surface area contributed by atoms with E-state index in [0.29, 0.717) is 43.4 Å². The van der Waals surface area contributed by atoms with Crippen LogP contribution >= 0.6 is 0 Å². The first-order chi connectivity index (χ1) is 13.5. The maximum Gasteiger partial charge on any atom is 0.407 e. The average molecular weight is 389 g/mol. The number of benzene rings is 1. The molecule has 3 amide bonds. The fourth-order valence-electron chi connectivity index (χ4n) is 2.84. The van der Waals surface area contributed by atoms with Crippen LogP contribution in [0.4, 0.5) is 31.2 Å². The van der Waals surface area contributed by atoms with Crippen LogP contribution in [0.25, 0.3) is 0 Å². The number of halogens is 1. The first-order valence-corrected chi connectivity index (χ1v) is 8.56. The molecule has 2 aromatic rings. The smallest absolute Gasteiger partial charge is 0.407 e. The maximum absolute atomic E-state index is 13.4. The molecule has 1 aliphatic heterocycles. The monoisotopic (exact) mass is 389 g/mol. The third-order valence-electron chi connectivity index (χ3n) is 4.29. The number of anilines is 3. The van der Waals surface area contributed by atoms with Gasteiger partial charge >= 0.3 is 12.1 Å². The van der Waals surface area contributed by atoms with E-state index in [4.69, 9.17) is 9.84 Å². The van der Waals surface area contributed by atoms with E-state index in [9.17, 15) is 14.0 Å². The van der Waals surface area contributed by atoms with Crippen molar-refractivity contribution in [3.05, 3.63) is 42.3 Å². The third-order valence-corrected chi connectivity index (χ3v) is 4.29. The summed E-state index contributed by atoms with van der Waals surface area (Å²) in [5.74, 6) is 0.540. The molecule has 1 fully saturated rings. The van der Waals surface area contributed by atoms with Gasteiger partial charge in [0.1, 0.15) is 17.4 Å². The van der Waals surface area contributed by atoms with Crippen molar-refractivity contribution in [3.63, 3.8) is 0 Å². The van der Waals surface area contributed by atoms with Crippen LogP contribution in [-0.4, -0.2) is 60.4 Å². The summed E-state index contributed by atoms with van der Waals surface area (Å²) in [5, 5.41) is 14.1. The number of carbonyl (C=O) groups excluding carboxylic acids is 1. The quantitative estimate of drug-likeness (QED) is 0.742. The molecule has 148 valence electrons. The van der Waals surface area contributed by atoms with Gasteiger partial charge < -0.3 is 30.3 Å². The molecule has 0 saturated carbocycles. The van der Waals surface area contributed by atoms with Gasteiger partial charge in [-0.05, 0) is 24.3 Å². The second-order valence-electron chi connectivity index (χ2n) is 6.09. The summed E-state index contributed by atoms with van der Waals surface area (Å²) < 4.78 is 18.5. The number of methoxy groups -OCH3 is 1. The lowest BCUT2D eigenvalue weighted by Crippen LogP contribution is -2.48. The fourth-order valence-corrected chi connectivity index (χ4v) is 2.84. The van der Waals surface area contributed by atoms with Crippen molar-refractivity contribution in [3.8, 4) is 5.75 Å². The predicted octanol–water partition coefficient (Wildman–Crippen LogP) is 2.67. The number of amides is 3. The van der Waals surface area contributed by atoms with E-state index in [1.807, 2.05) is 4.90 Å². The standard InChI is InChI=1S/C18H20FN5O4/c1-28-15-4-2-12(19)10-14(15)22-17(25)21-13-3-5-16(20-11-13)23-6-8-24(9-7-23)18(26)27/h2-5,10-11H,6-9H2,1H3,(H,26,27)(H2,21,22,25). The Kier molecular flexibility index (Phi) is 5.78. The van der Waals surface area contributed by atoms with Crippen LogP contribution in [0, 0.1) is 5.82 Å². The number of nitrogens with one attached hydrogen (secondary N) is 2. The molecule has 3 N–H and O–H groups in total. The van der Waals surface area contributed by atoms with E-state index in [2.05, 4.69) is 15.6 Å². The van der Waals surface area contributed by atoms with E-state index < -0.39 is 17.9 Å². The summed E-state index contributed by atoms with van der Waals surface area (Å²) in [6, 6.07) is 6.69. The molecule has 0 radical (unpaired) electrons. The van der Waals surface area contributed by atoms with Crippen molar-refractivity contribution in [1.82, 2.24) is 9.88 Å². The van der Waals surface area contributed by atoms with Crippen molar-refractivity contribution in [1.29, 1.82) is 0 Å². The van der Waals surface area contributed by atoms with Crippen LogP contribution in [0.3, 0.4) is 0 Å². The Labute approximate surface area is 160 Å². The molecule has 1 saturated heterocycles. The number of rotatable bonds is 4. The largest absolute Gasteiger partial charge is 0.495 e. The summed E-state index contributed by atoms with van der Waals surface area (Å²) >= 11 is 0. The van der Waals surface area contributed by atoms with E-state index in [0.717, 1.165) is 6.07 Å². The minimum Gasteiger partial charge on any atom is -0.495 e. The highest BCUT2D eigenvalue weighted by Crippen LogP contribution is 2.25.